The number of nitrogens with zero attached hydrogens (tertiary/aromatic N) is 3. The van der Waals surface area contributed by atoms with Crippen molar-refractivity contribution in [2.45, 2.75) is 38.8 Å². The first-order valence-corrected chi connectivity index (χ1v) is 7.83. The Morgan fingerprint density at radius 2 is 2.40 bits per heavy atom. The molecule has 20 heavy (non-hydrogen) atoms. The molecular weight excluding hydrogens is 320 g/mol. The van der Waals surface area contributed by atoms with Gasteiger partial charge in [0, 0.05) is 19.2 Å². The third kappa shape index (κ3) is 2.67. The van der Waals surface area contributed by atoms with E-state index in [0.717, 1.165) is 47.3 Å². The van der Waals surface area contributed by atoms with Gasteiger partial charge in [-0.3, -0.25) is 4.68 Å². The Balaban J connectivity index is 1.92. The number of aromatic nitrogens is 3. The zero-order valence-corrected chi connectivity index (χ0v) is 13.4. The Kier molecular flexibility index (Phi) is 3.94. The standard InChI is InChI=1S/C14H19BrN4O/c1-9(2)19-14-11(16-7-10-4-3-5-20-10)6-13(15)18-12(14)8-17-19/h6,8-10H,3-5,7H2,1-2H3,(H,16,18)/t10-/m1/s1. The van der Waals surface area contributed by atoms with Crippen molar-refractivity contribution in [3.8, 4) is 0 Å². The number of nitrogens with one attached hydrogen (secondary N) is 1. The maximum atomic E-state index is 5.66. The van der Waals surface area contributed by atoms with Gasteiger partial charge in [-0.05, 0) is 48.7 Å². The molecule has 1 N–H and O–H groups in total. The van der Waals surface area contributed by atoms with Crippen molar-refractivity contribution >= 4 is 32.7 Å². The van der Waals surface area contributed by atoms with E-state index in [0.29, 0.717) is 12.1 Å². The van der Waals surface area contributed by atoms with E-state index in [2.05, 4.69) is 45.2 Å². The van der Waals surface area contributed by atoms with E-state index in [9.17, 15) is 0 Å². The van der Waals surface area contributed by atoms with Crippen molar-refractivity contribution in [1.82, 2.24) is 14.8 Å². The number of halogens is 1. The molecule has 0 aliphatic carbocycles. The van der Waals surface area contributed by atoms with Crippen LogP contribution in [0.4, 0.5) is 5.69 Å². The Bertz CT molecular complexity index is 604. The van der Waals surface area contributed by atoms with Crippen molar-refractivity contribution in [2.75, 3.05) is 18.5 Å². The van der Waals surface area contributed by atoms with Crippen molar-refractivity contribution < 1.29 is 4.74 Å². The molecule has 108 valence electrons. The second-order valence-electron chi connectivity index (χ2n) is 5.43. The van der Waals surface area contributed by atoms with Gasteiger partial charge in [0.05, 0.1) is 18.0 Å². The largest absolute Gasteiger partial charge is 0.381 e. The molecular formula is C14H19BrN4O. The van der Waals surface area contributed by atoms with Crippen molar-refractivity contribution in [1.29, 1.82) is 0 Å². The van der Waals surface area contributed by atoms with Gasteiger partial charge in [-0.1, -0.05) is 0 Å². The van der Waals surface area contributed by atoms with E-state index in [1.54, 1.807) is 0 Å². The van der Waals surface area contributed by atoms with Gasteiger partial charge in [0.1, 0.15) is 15.6 Å². The van der Waals surface area contributed by atoms with E-state index in [1.165, 1.54) is 0 Å². The topological polar surface area (TPSA) is 52.0 Å². The average Bonchev–Trinajstić information content (AvgIpc) is 3.04. The highest BCUT2D eigenvalue weighted by molar-refractivity contribution is 9.10. The highest BCUT2D eigenvalue weighted by Gasteiger charge is 2.17. The van der Waals surface area contributed by atoms with Crippen LogP contribution in [0.1, 0.15) is 32.7 Å². The molecule has 3 rings (SSSR count). The number of rotatable bonds is 4. The van der Waals surface area contributed by atoms with Crippen LogP contribution in [-0.4, -0.2) is 34.0 Å². The van der Waals surface area contributed by atoms with Crippen molar-refractivity contribution in [3.63, 3.8) is 0 Å². The van der Waals surface area contributed by atoms with Crippen LogP contribution in [0.5, 0.6) is 0 Å². The highest BCUT2D eigenvalue weighted by atomic mass is 79.9. The third-order valence-electron chi connectivity index (χ3n) is 3.56. The van der Waals surface area contributed by atoms with Crippen LogP contribution < -0.4 is 5.32 Å². The Morgan fingerprint density at radius 3 is 3.10 bits per heavy atom. The monoisotopic (exact) mass is 338 g/mol. The molecule has 1 aliphatic rings. The lowest BCUT2D eigenvalue weighted by Crippen LogP contribution is -2.19. The van der Waals surface area contributed by atoms with Gasteiger partial charge in [0.25, 0.3) is 0 Å². The SMILES string of the molecule is CC(C)n1ncc2nc(Br)cc(NC[C@H]3CCCO3)c21. The first-order valence-electron chi connectivity index (χ1n) is 7.04. The number of hydrogen-bond donors (Lipinski definition) is 1. The fourth-order valence-electron chi connectivity index (χ4n) is 2.59. The zero-order valence-electron chi connectivity index (χ0n) is 11.8. The second-order valence-corrected chi connectivity index (χ2v) is 6.24. The van der Waals surface area contributed by atoms with E-state index in [-0.39, 0.29) is 0 Å². The lowest BCUT2D eigenvalue weighted by atomic mass is 10.2. The van der Waals surface area contributed by atoms with Crippen LogP contribution in [0.15, 0.2) is 16.9 Å². The maximum Gasteiger partial charge on any atom is 0.112 e. The predicted molar refractivity (Wildman–Crippen MR) is 83.1 cm³/mol. The van der Waals surface area contributed by atoms with E-state index in [1.807, 2.05) is 16.9 Å². The van der Waals surface area contributed by atoms with Gasteiger partial charge < -0.3 is 10.1 Å². The average molecular weight is 339 g/mol. The summed E-state index contributed by atoms with van der Waals surface area (Å²) in [6.07, 6.45) is 4.42. The van der Waals surface area contributed by atoms with E-state index in [4.69, 9.17) is 4.74 Å². The van der Waals surface area contributed by atoms with Crippen LogP contribution in [0.25, 0.3) is 11.0 Å². The normalized spacial score (nSPS) is 19.1. The summed E-state index contributed by atoms with van der Waals surface area (Å²) in [6.45, 7) is 5.96. The molecule has 0 radical (unpaired) electrons. The van der Waals surface area contributed by atoms with Crippen LogP contribution in [0.2, 0.25) is 0 Å². The van der Waals surface area contributed by atoms with Crippen LogP contribution in [0.3, 0.4) is 0 Å². The second kappa shape index (κ2) is 5.69. The van der Waals surface area contributed by atoms with Crippen LogP contribution in [0, 0.1) is 0 Å². The number of ether oxygens (including phenoxy) is 1. The number of anilines is 1. The Morgan fingerprint density at radius 1 is 1.55 bits per heavy atom. The third-order valence-corrected chi connectivity index (χ3v) is 3.96. The molecule has 6 heteroatoms. The van der Waals surface area contributed by atoms with Gasteiger partial charge in [-0.2, -0.15) is 5.10 Å². The molecule has 1 atom stereocenters. The Labute approximate surface area is 126 Å². The Hall–Kier alpha value is -1.14. The summed E-state index contributed by atoms with van der Waals surface area (Å²) in [5.74, 6) is 0. The van der Waals surface area contributed by atoms with E-state index < -0.39 is 0 Å². The van der Waals surface area contributed by atoms with Crippen LogP contribution >= 0.6 is 15.9 Å². The fraction of sp³-hybridized carbons (Fsp3) is 0.571. The zero-order chi connectivity index (χ0) is 14.1. The molecule has 5 nitrogen and oxygen atoms in total. The summed E-state index contributed by atoms with van der Waals surface area (Å²) in [5.41, 5.74) is 3.02. The molecule has 2 aromatic rings. The molecule has 1 saturated heterocycles. The minimum absolute atomic E-state index is 0.304. The predicted octanol–water partition coefficient (Wildman–Crippen LogP) is 3.37. The molecule has 0 saturated carbocycles. The number of fused-ring (bicyclic) bond motifs is 1. The first kappa shape index (κ1) is 13.8. The molecule has 0 amide bonds. The lowest BCUT2D eigenvalue weighted by molar-refractivity contribution is 0.120. The number of pyridine rings is 1. The van der Waals surface area contributed by atoms with Gasteiger partial charge in [0.2, 0.25) is 0 Å². The van der Waals surface area contributed by atoms with E-state index >= 15 is 0 Å². The van der Waals surface area contributed by atoms with Gasteiger partial charge in [0.15, 0.2) is 0 Å². The lowest BCUT2D eigenvalue weighted by Gasteiger charge is -2.15. The summed E-state index contributed by atoms with van der Waals surface area (Å²) in [7, 11) is 0. The molecule has 1 fully saturated rings. The summed E-state index contributed by atoms with van der Waals surface area (Å²) in [5, 5.41) is 7.93. The minimum Gasteiger partial charge on any atom is -0.381 e. The quantitative estimate of drug-likeness (QED) is 0.868. The molecule has 2 aromatic heterocycles. The fourth-order valence-corrected chi connectivity index (χ4v) is 3.01. The molecule has 0 bridgehead atoms. The highest BCUT2D eigenvalue weighted by Crippen LogP contribution is 2.28. The van der Waals surface area contributed by atoms with Gasteiger partial charge in [-0.25, -0.2) is 4.98 Å². The summed E-state index contributed by atoms with van der Waals surface area (Å²) >= 11 is 3.46. The summed E-state index contributed by atoms with van der Waals surface area (Å²) < 4.78 is 8.49. The molecule has 0 spiro atoms. The molecule has 0 unspecified atom stereocenters. The van der Waals surface area contributed by atoms with Gasteiger partial charge in [-0.15, -0.1) is 0 Å². The minimum atomic E-state index is 0.304. The summed E-state index contributed by atoms with van der Waals surface area (Å²) in [6, 6.07) is 2.32. The molecule has 1 aliphatic heterocycles. The van der Waals surface area contributed by atoms with Crippen molar-refractivity contribution in [2.24, 2.45) is 0 Å². The van der Waals surface area contributed by atoms with Crippen LogP contribution in [-0.2, 0) is 4.74 Å². The smallest absolute Gasteiger partial charge is 0.112 e. The summed E-state index contributed by atoms with van der Waals surface area (Å²) in [4.78, 5) is 4.48. The number of hydrogen-bond acceptors (Lipinski definition) is 4. The van der Waals surface area contributed by atoms with Crippen molar-refractivity contribution in [3.05, 3.63) is 16.9 Å². The molecule has 0 aromatic carbocycles. The first-order chi connectivity index (χ1) is 9.65. The molecule has 3 heterocycles. The van der Waals surface area contributed by atoms with Gasteiger partial charge >= 0.3 is 0 Å². The maximum absolute atomic E-state index is 5.66.